The van der Waals surface area contributed by atoms with E-state index in [2.05, 4.69) is 35.0 Å². The van der Waals surface area contributed by atoms with Crippen molar-refractivity contribution in [1.29, 1.82) is 5.41 Å². The van der Waals surface area contributed by atoms with Crippen LogP contribution in [0.15, 0.2) is 53.5 Å². The van der Waals surface area contributed by atoms with E-state index >= 15 is 0 Å². The van der Waals surface area contributed by atoms with Crippen LogP contribution in [0.2, 0.25) is 0 Å². The van der Waals surface area contributed by atoms with Gasteiger partial charge >= 0.3 is 5.97 Å². The van der Waals surface area contributed by atoms with Gasteiger partial charge in [0.1, 0.15) is 6.04 Å². The number of carboxylic acid groups (broad SMARTS) is 1. The van der Waals surface area contributed by atoms with Gasteiger partial charge in [0.05, 0.1) is 6.34 Å². The number of nitrogens with zero attached hydrogens (tertiary/aromatic N) is 1. The van der Waals surface area contributed by atoms with Crippen LogP contribution in [0.5, 0.6) is 0 Å². The number of nitrogens with one attached hydrogen (secondary N) is 1. The van der Waals surface area contributed by atoms with E-state index in [9.17, 15) is 4.79 Å². The summed E-state index contributed by atoms with van der Waals surface area (Å²) in [5.74, 6) is -0.913. The van der Waals surface area contributed by atoms with E-state index in [-0.39, 0.29) is 0 Å². The van der Waals surface area contributed by atoms with Gasteiger partial charge in [-0.3, -0.25) is 10.4 Å². The quantitative estimate of drug-likeness (QED) is 0.456. The smallest absolute Gasteiger partial charge is 0.328 e. The standard InChI is InChI=1S/C18H20N2O2.CH4N2/c19-11-3-8-17(18(21)22)20-12-4-5-14-9-10-15-6-1-2-7-16(15)13-14;2-1-3/h1-2,4-7,9-10,12-13,17H,3,8,11,19H2,(H,21,22);1H,(H3,2,3)/b5-4+,20-12?;. The van der Waals surface area contributed by atoms with E-state index in [1.54, 1.807) is 12.3 Å². The fraction of sp³-hybridized carbons (Fsp3) is 0.211. The molecule has 0 bridgehead atoms. The number of rotatable bonds is 7. The van der Waals surface area contributed by atoms with Crippen LogP contribution in [0.1, 0.15) is 18.4 Å². The van der Waals surface area contributed by atoms with Crippen LogP contribution in [0.25, 0.3) is 16.8 Å². The Bertz CT molecular complexity index is 741. The highest BCUT2D eigenvalue weighted by Crippen LogP contribution is 2.16. The third-order valence-corrected chi connectivity index (χ3v) is 3.38. The van der Waals surface area contributed by atoms with E-state index in [0.717, 1.165) is 11.9 Å². The van der Waals surface area contributed by atoms with Gasteiger partial charge in [0.25, 0.3) is 0 Å². The summed E-state index contributed by atoms with van der Waals surface area (Å²) in [6.07, 6.45) is 7.10. The predicted molar refractivity (Wildman–Crippen MR) is 104 cm³/mol. The van der Waals surface area contributed by atoms with Crippen molar-refractivity contribution in [3.63, 3.8) is 0 Å². The zero-order valence-corrected chi connectivity index (χ0v) is 14.0. The Hall–Kier alpha value is -2.99. The van der Waals surface area contributed by atoms with Crippen LogP contribution in [0, 0.1) is 5.41 Å². The number of fused-ring (bicyclic) bond motifs is 1. The van der Waals surface area contributed by atoms with Crippen LogP contribution in [-0.4, -0.2) is 36.2 Å². The number of nitrogens with two attached hydrogens (primary N) is 2. The molecular weight excluding hydrogens is 316 g/mol. The van der Waals surface area contributed by atoms with Gasteiger partial charge in [0, 0.05) is 6.21 Å². The molecule has 0 aliphatic heterocycles. The summed E-state index contributed by atoms with van der Waals surface area (Å²) in [7, 11) is 0. The fourth-order valence-electron chi connectivity index (χ4n) is 2.19. The maximum absolute atomic E-state index is 11.0. The maximum Gasteiger partial charge on any atom is 0.328 e. The number of aliphatic imine (C=N–C) groups is 1. The summed E-state index contributed by atoms with van der Waals surface area (Å²) < 4.78 is 0. The van der Waals surface area contributed by atoms with Crippen LogP contribution in [0.4, 0.5) is 0 Å². The first-order valence-electron chi connectivity index (χ1n) is 7.94. The number of allylic oxidation sites excluding steroid dienone is 1. The van der Waals surface area contributed by atoms with E-state index < -0.39 is 12.0 Å². The highest BCUT2D eigenvalue weighted by molar-refractivity contribution is 5.87. The highest BCUT2D eigenvalue weighted by atomic mass is 16.4. The van der Waals surface area contributed by atoms with Crippen molar-refractivity contribution in [2.75, 3.05) is 6.54 Å². The number of benzene rings is 2. The van der Waals surface area contributed by atoms with Gasteiger partial charge in [-0.05, 0) is 47.9 Å². The molecule has 6 nitrogen and oxygen atoms in total. The van der Waals surface area contributed by atoms with Gasteiger partial charge in [-0.1, -0.05) is 42.5 Å². The molecule has 0 amide bonds. The van der Waals surface area contributed by atoms with Crippen LogP contribution in [0.3, 0.4) is 0 Å². The molecule has 2 aromatic carbocycles. The average Bonchev–Trinajstić information content (AvgIpc) is 2.61. The minimum Gasteiger partial charge on any atom is -0.480 e. The summed E-state index contributed by atoms with van der Waals surface area (Å²) in [5, 5.41) is 17.3. The Kier molecular flexibility index (Phi) is 9.25. The molecule has 25 heavy (non-hydrogen) atoms. The summed E-state index contributed by atoms with van der Waals surface area (Å²) >= 11 is 0. The molecule has 2 aromatic rings. The number of carboxylic acids is 1. The Morgan fingerprint density at radius 1 is 1.24 bits per heavy atom. The second-order valence-corrected chi connectivity index (χ2v) is 5.22. The minimum atomic E-state index is -0.913. The van der Waals surface area contributed by atoms with Gasteiger partial charge in [0.2, 0.25) is 0 Å². The van der Waals surface area contributed by atoms with E-state index in [1.165, 1.54) is 10.8 Å². The number of hydrogen-bond donors (Lipinski definition) is 4. The monoisotopic (exact) mass is 340 g/mol. The lowest BCUT2D eigenvalue weighted by Gasteiger charge is -2.04. The Balaban J connectivity index is 0.000000970. The van der Waals surface area contributed by atoms with Crippen LogP contribution in [-0.2, 0) is 4.79 Å². The van der Waals surface area contributed by atoms with Gasteiger partial charge in [-0.2, -0.15) is 0 Å². The summed E-state index contributed by atoms with van der Waals surface area (Å²) in [4.78, 5) is 15.1. The SMILES string of the molecule is N=CN.NCCCC(N=C/C=C/c1ccc2ccccc2c1)C(=O)O. The molecule has 2 rings (SSSR count). The van der Waals surface area contributed by atoms with Crippen molar-refractivity contribution in [2.24, 2.45) is 16.5 Å². The first kappa shape index (κ1) is 20.1. The topological polar surface area (TPSA) is 126 Å². The fourth-order valence-corrected chi connectivity index (χ4v) is 2.19. The van der Waals surface area contributed by atoms with Crippen molar-refractivity contribution in [1.82, 2.24) is 0 Å². The lowest BCUT2D eigenvalue weighted by Crippen LogP contribution is -2.19. The maximum atomic E-state index is 11.0. The first-order chi connectivity index (χ1) is 12.1. The van der Waals surface area contributed by atoms with Crippen molar-refractivity contribution in [2.45, 2.75) is 18.9 Å². The zero-order chi connectivity index (χ0) is 18.5. The molecule has 0 spiro atoms. The minimum absolute atomic E-state index is 0.464. The average molecular weight is 340 g/mol. The summed E-state index contributed by atoms with van der Waals surface area (Å²) in [5.41, 5.74) is 10.8. The Labute approximate surface area is 147 Å². The molecule has 1 unspecified atom stereocenters. The Morgan fingerprint density at radius 2 is 1.92 bits per heavy atom. The first-order valence-corrected chi connectivity index (χ1v) is 7.94. The molecule has 132 valence electrons. The Morgan fingerprint density at radius 3 is 2.56 bits per heavy atom. The van der Waals surface area contributed by atoms with Gasteiger partial charge in [-0.25, -0.2) is 4.79 Å². The molecular formula is C19H24N4O2. The lowest BCUT2D eigenvalue weighted by atomic mass is 10.1. The molecule has 1 atom stereocenters. The number of aliphatic carboxylic acids is 1. The van der Waals surface area contributed by atoms with E-state index in [0.29, 0.717) is 19.4 Å². The zero-order valence-electron chi connectivity index (χ0n) is 14.0. The third kappa shape index (κ3) is 7.41. The highest BCUT2D eigenvalue weighted by Gasteiger charge is 2.13. The molecule has 0 aliphatic carbocycles. The van der Waals surface area contributed by atoms with Crippen LogP contribution < -0.4 is 11.5 Å². The number of hydrogen-bond acceptors (Lipinski definition) is 4. The lowest BCUT2D eigenvalue weighted by molar-refractivity contribution is -0.138. The van der Waals surface area contributed by atoms with Crippen molar-refractivity contribution in [3.8, 4) is 0 Å². The normalized spacial score (nSPS) is 12.0. The molecule has 6 N–H and O–H groups in total. The molecule has 0 radical (unpaired) electrons. The molecule has 0 saturated carbocycles. The van der Waals surface area contributed by atoms with Crippen LogP contribution >= 0.6 is 0 Å². The van der Waals surface area contributed by atoms with E-state index in [4.69, 9.17) is 16.2 Å². The van der Waals surface area contributed by atoms with Gasteiger partial charge < -0.3 is 16.6 Å². The molecule has 0 fully saturated rings. The second kappa shape index (κ2) is 11.5. The van der Waals surface area contributed by atoms with Gasteiger partial charge in [-0.15, -0.1) is 0 Å². The molecule has 0 aromatic heterocycles. The summed E-state index contributed by atoms with van der Waals surface area (Å²) in [6.45, 7) is 0.478. The molecule has 0 saturated heterocycles. The molecule has 0 aliphatic rings. The van der Waals surface area contributed by atoms with Crippen molar-refractivity contribution in [3.05, 3.63) is 54.1 Å². The van der Waals surface area contributed by atoms with Crippen molar-refractivity contribution < 1.29 is 9.90 Å². The van der Waals surface area contributed by atoms with Gasteiger partial charge in [0.15, 0.2) is 0 Å². The van der Waals surface area contributed by atoms with E-state index in [1.807, 2.05) is 24.3 Å². The second-order valence-electron chi connectivity index (χ2n) is 5.22. The van der Waals surface area contributed by atoms with Crippen molar-refractivity contribution >= 4 is 35.4 Å². The summed E-state index contributed by atoms with van der Waals surface area (Å²) in [6, 6.07) is 13.6. The largest absolute Gasteiger partial charge is 0.480 e. The molecule has 6 heteroatoms. The third-order valence-electron chi connectivity index (χ3n) is 3.38. The molecule has 0 heterocycles. The predicted octanol–water partition coefficient (Wildman–Crippen LogP) is 2.67. The number of carbonyl (C=O) groups is 1.